The van der Waals surface area contributed by atoms with E-state index in [1.54, 1.807) is 37.3 Å². The molecule has 4 aromatic heterocycles. The van der Waals surface area contributed by atoms with Crippen LogP contribution in [0.3, 0.4) is 0 Å². The molecule has 0 fully saturated rings. The number of nitrogens with two attached hydrogens (primary N) is 1. The van der Waals surface area contributed by atoms with Crippen molar-refractivity contribution < 1.29 is 26.7 Å². The van der Waals surface area contributed by atoms with Gasteiger partial charge in [-0.05, 0) is 35.9 Å². The lowest BCUT2D eigenvalue weighted by Crippen LogP contribution is -2.37. The summed E-state index contributed by atoms with van der Waals surface area (Å²) < 4.78 is 66.4. The van der Waals surface area contributed by atoms with E-state index < -0.39 is 36.4 Å². The van der Waals surface area contributed by atoms with Crippen molar-refractivity contribution >= 4 is 28.6 Å². The Labute approximate surface area is 226 Å². The predicted molar refractivity (Wildman–Crippen MR) is 133 cm³/mol. The second-order valence-corrected chi connectivity index (χ2v) is 9.45. The molecule has 0 bridgehead atoms. The molecule has 0 saturated carbocycles. The molecule has 0 aliphatic carbocycles. The average Bonchev–Trinajstić information content (AvgIpc) is 3.65. The van der Waals surface area contributed by atoms with Crippen LogP contribution < -0.4 is 11.1 Å². The van der Waals surface area contributed by atoms with Crippen molar-refractivity contribution in [2.24, 2.45) is 0 Å². The number of tetrazole rings is 1. The highest BCUT2D eigenvalue weighted by Gasteiger charge is 2.57. The maximum atomic E-state index is 13.6. The van der Waals surface area contributed by atoms with Gasteiger partial charge in [0.25, 0.3) is 0 Å². The maximum absolute atomic E-state index is 13.6. The molecule has 41 heavy (non-hydrogen) atoms. The number of rotatable bonds is 6. The van der Waals surface area contributed by atoms with Gasteiger partial charge in [0, 0.05) is 24.7 Å². The van der Waals surface area contributed by atoms with Crippen LogP contribution >= 0.6 is 0 Å². The van der Waals surface area contributed by atoms with Crippen molar-refractivity contribution in [1.82, 2.24) is 45.4 Å². The molecule has 4 N–H and O–H groups in total. The summed E-state index contributed by atoms with van der Waals surface area (Å²) in [5.41, 5.74) is 6.58. The lowest BCUT2D eigenvalue weighted by molar-refractivity contribution is -0.285. The molecule has 0 saturated heterocycles. The van der Waals surface area contributed by atoms with Crippen LogP contribution in [0.15, 0.2) is 42.6 Å². The third-order valence-electron chi connectivity index (χ3n) is 6.94. The van der Waals surface area contributed by atoms with Crippen molar-refractivity contribution in [2.75, 3.05) is 11.1 Å². The minimum atomic E-state index is -5.71. The summed E-state index contributed by atoms with van der Waals surface area (Å²) in [5, 5.41) is 21.0. The van der Waals surface area contributed by atoms with E-state index in [9.17, 15) is 26.7 Å². The van der Waals surface area contributed by atoms with Crippen LogP contribution in [0, 0.1) is 0 Å². The van der Waals surface area contributed by atoms with E-state index in [1.807, 2.05) is 0 Å². The minimum absolute atomic E-state index is 0.0416. The molecule has 1 unspecified atom stereocenters. The lowest BCUT2D eigenvalue weighted by atomic mass is 9.77. The van der Waals surface area contributed by atoms with Crippen molar-refractivity contribution in [3.05, 3.63) is 53.7 Å². The van der Waals surface area contributed by atoms with Gasteiger partial charge in [-0.3, -0.25) is 4.79 Å². The summed E-state index contributed by atoms with van der Waals surface area (Å²) >= 11 is 0. The first kappa shape index (κ1) is 26.1. The molecule has 1 aromatic carbocycles. The molecule has 12 nitrogen and oxygen atoms in total. The number of aromatic amines is 1. The first-order chi connectivity index (χ1) is 19.4. The van der Waals surface area contributed by atoms with Crippen molar-refractivity contribution in [2.45, 2.75) is 37.4 Å². The van der Waals surface area contributed by atoms with Gasteiger partial charge >= 0.3 is 12.1 Å². The molecule has 0 radical (unpaired) electrons. The number of fused-ring (bicyclic) bond motifs is 2. The Morgan fingerprint density at radius 1 is 1.07 bits per heavy atom. The quantitative estimate of drug-likeness (QED) is 0.259. The fourth-order valence-electron chi connectivity index (χ4n) is 4.76. The smallest absolute Gasteiger partial charge is 0.383 e. The third kappa shape index (κ3) is 4.11. The summed E-state index contributed by atoms with van der Waals surface area (Å²) in [7, 11) is 0. The van der Waals surface area contributed by atoms with E-state index in [1.165, 1.54) is 12.3 Å². The number of nitrogens with one attached hydrogen (secondary N) is 2. The Morgan fingerprint density at radius 3 is 2.61 bits per heavy atom. The molecule has 0 spiro atoms. The highest BCUT2D eigenvalue weighted by atomic mass is 19.4. The van der Waals surface area contributed by atoms with E-state index >= 15 is 0 Å². The number of anilines is 2. The van der Waals surface area contributed by atoms with Crippen molar-refractivity contribution in [1.29, 1.82) is 0 Å². The number of nitrogens with zero attached hydrogens (tertiary/aromatic N) is 8. The topological polar surface area (TPSA) is 166 Å². The number of nitrogen functional groups attached to an aromatic ring is 1. The van der Waals surface area contributed by atoms with Crippen molar-refractivity contribution in [3.63, 3.8) is 0 Å². The second kappa shape index (κ2) is 8.97. The number of H-pyrrole nitrogens is 1. The SMILES string of the molecule is CC1(c2cccc(-c3nn[nH]n3)c2)C(=O)Nc2nc(-c3nn(CCC(F)(F)C(F)(F)F)c4ncccc34)nc(N)c21. The van der Waals surface area contributed by atoms with Gasteiger partial charge in [-0.15, -0.1) is 10.2 Å². The monoisotopic (exact) mass is 571 g/mol. The predicted octanol–water partition coefficient (Wildman–Crippen LogP) is 3.50. The molecule has 17 heteroatoms. The van der Waals surface area contributed by atoms with Gasteiger partial charge in [0.15, 0.2) is 11.5 Å². The number of carbonyl (C=O) groups excluding carboxylic acids is 1. The van der Waals surface area contributed by atoms with Crippen LogP contribution in [0.5, 0.6) is 0 Å². The molecule has 5 heterocycles. The van der Waals surface area contributed by atoms with Crippen LogP contribution in [-0.2, 0) is 16.8 Å². The highest BCUT2D eigenvalue weighted by molar-refractivity contribution is 6.09. The number of alkyl halides is 5. The Balaban J connectivity index is 1.41. The minimum Gasteiger partial charge on any atom is -0.383 e. The third-order valence-corrected chi connectivity index (χ3v) is 6.94. The highest BCUT2D eigenvalue weighted by Crippen LogP contribution is 2.46. The summed E-state index contributed by atoms with van der Waals surface area (Å²) in [6.07, 6.45) is -5.91. The van der Waals surface area contributed by atoms with E-state index in [0.717, 1.165) is 4.68 Å². The summed E-state index contributed by atoms with van der Waals surface area (Å²) in [5.74, 6) is -5.10. The van der Waals surface area contributed by atoms with Gasteiger partial charge in [-0.2, -0.15) is 32.3 Å². The lowest BCUT2D eigenvalue weighted by Gasteiger charge is -2.23. The average molecular weight is 571 g/mol. The number of hydrogen-bond donors (Lipinski definition) is 3. The van der Waals surface area contributed by atoms with Gasteiger partial charge in [0.2, 0.25) is 11.7 Å². The number of carbonyl (C=O) groups is 1. The van der Waals surface area contributed by atoms with Gasteiger partial charge < -0.3 is 11.1 Å². The van der Waals surface area contributed by atoms with Gasteiger partial charge in [0.1, 0.15) is 22.7 Å². The maximum Gasteiger partial charge on any atom is 0.453 e. The molecular formula is C24H18F5N11O. The van der Waals surface area contributed by atoms with Crippen LogP contribution in [0.25, 0.3) is 33.9 Å². The van der Waals surface area contributed by atoms with Gasteiger partial charge in [0.05, 0.1) is 10.9 Å². The normalized spacial score (nSPS) is 17.2. The molecule has 1 amide bonds. The zero-order valence-corrected chi connectivity index (χ0v) is 20.9. The molecule has 5 aromatic rings. The Hall–Kier alpha value is -5.09. The molecule has 6 rings (SSSR count). The van der Waals surface area contributed by atoms with E-state index in [4.69, 9.17) is 5.73 Å². The van der Waals surface area contributed by atoms with Gasteiger partial charge in [-0.25, -0.2) is 19.6 Å². The molecule has 210 valence electrons. The number of aryl methyl sites for hydroxylation is 1. The van der Waals surface area contributed by atoms with Gasteiger partial charge in [-0.1, -0.05) is 18.2 Å². The van der Waals surface area contributed by atoms with Crippen molar-refractivity contribution in [3.8, 4) is 22.9 Å². The van der Waals surface area contributed by atoms with E-state index in [-0.39, 0.29) is 28.8 Å². The Morgan fingerprint density at radius 2 is 1.88 bits per heavy atom. The molecule has 1 aliphatic heterocycles. The molecule has 1 aliphatic rings. The first-order valence-corrected chi connectivity index (χ1v) is 12.0. The number of benzene rings is 1. The van der Waals surface area contributed by atoms with Crippen LogP contribution in [0.4, 0.5) is 33.6 Å². The van der Waals surface area contributed by atoms with Crippen LogP contribution in [0.2, 0.25) is 0 Å². The van der Waals surface area contributed by atoms with E-state index in [0.29, 0.717) is 27.9 Å². The number of pyridine rings is 1. The number of amides is 1. The zero-order chi connectivity index (χ0) is 29.2. The Kier molecular flexibility index (Phi) is 5.72. The standard InChI is InChI=1S/C24H18F5N11O/c1-22(12-5-2-4-11(10-12)17-35-38-39-36-17)14-16(30)32-19(33-18(14)34-21(22)41)15-13-6-3-8-31-20(13)40(37-15)9-7-23(25,26)24(27,28)29/h2-6,8,10H,7,9H2,1H3,(H,35,36,38,39)(H3,30,32,33,34,41). The number of aromatic nitrogens is 9. The Bertz CT molecular complexity index is 1800. The molecule has 1 atom stereocenters. The fourth-order valence-corrected chi connectivity index (χ4v) is 4.76. The first-order valence-electron chi connectivity index (χ1n) is 12.0. The summed E-state index contributed by atoms with van der Waals surface area (Å²) in [6, 6.07) is 9.98. The number of halogens is 5. The van der Waals surface area contributed by atoms with Crippen LogP contribution in [-0.4, -0.2) is 63.4 Å². The largest absolute Gasteiger partial charge is 0.453 e. The fraction of sp³-hybridized carbons (Fsp3) is 0.250. The summed E-state index contributed by atoms with van der Waals surface area (Å²) in [4.78, 5) is 26.2. The zero-order valence-electron chi connectivity index (χ0n) is 20.9. The number of hydrogen-bond acceptors (Lipinski definition) is 9. The molecular weight excluding hydrogens is 553 g/mol. The summed E-state index contributed by atoms with van der Waals surface area (Å²) in [6.45, 7) is 0.865. The second-order valence-electron chi connectivity index (χ2n) is 9.45. The van der Waals surface area contributed by atoms with E-state index in [2.05, 4.69) is 46.0 Å². The van der Waals surface area contributed by atoms with Crippen LogP contribution in [0.1, 0.15) is 24.5 Å².